The van der Waals surface area contributed by atoms with Crippen molar-refractivity contribution in [3.63, 3.8) is 0 Å². The number of allylic oxidation sites excluding steroid dienone is 1. The van der Waals surface area contributed by atoms with Gasteiger partial charge in [-0.2, -0.15) is 5.10 Å². The van der Waals surface area contributed by atoms with Crippen LogP contribution in [-0.2, 0) is 12.0 Å². The molecular weight excluding hydrogens is 340 g/mol. The molecule has 0 atom stereocenters. The van der Waals surface area contributed by atoms with E-state index in [1.54, 1.807) is 41.6 Å². The summed E-state index contributed by atoms with van der Waals surface area (Å²) < 4.78 is 1.81. The van der Waals surface area contributed by atoms with E-state index < -0.39 is 0 Å². The molecule has 0 saturated heterocycles. The Balaban J connectivity index is 2.23. The molecule has 0 fully saturated rings. The first-order valence-electron chi connectivity index (χ1n) is 9.01. The maximum atomic E-state index is 12.8. The minimum atomic E-state index is -0.226. The van der Waals surface area contributed by atoms with E-state index in [4.69, 9.17) is 0 Å². The SMILES string of the molecule is CCc1nn(C(C)(C)C)cc1C(=O)Nc1cccc(C(=O)C=CN(C)C)c1. The molecule has 0 radical (unpaired) electrons. The van der Waals surface area contributed by atoms with Gasteiger partial charge in [-0.15, -0.1) is 0 Å². The summed E-state index contributed by atoms with van der Waals surface area (Å²) in [4.78, 5) is 26.8. The molecular formula is C21H28N4O2. The number of aromatic nitrogens is 2. The standard InChI is InChI=1S/C21H28N4O2/c1-7-18-17(14-25(23-18)21(2,3)4)20(27)22-16-10-8-9-15(13-16)19(26)11-12-24(5)6/h8-14H,7H2,1-6H3,(H,22,27). The lowest BCUT2D eigenvalue weighted by Crippen LogP contribution is -2.22. The summed E-state index contributed by atoms with van der Waals surface area (Å²) in [6.45, 7) is 8.09. The molecule has 0 aliphatic heterocycles. The van der Waals surface area contributed by atoms with Crippen LogP contribution >= 0.6 is 0 Å². The van der Waals surface area contributed by atoms with Gasteiger partial charge in [-0.05, 0) is 39.3 Å². The first kappa shape index (κ1) is 20.4. The number of carbonyl (C=O) groups excluding carboxylic acids is 2. The second-order valence-corrected chi connectivity index (χ2v) is 7.64. The Bertz CT molecular complexity index is 857. The van der Waals surface area contributed by atoms with Crippen LogP contribution in [0.15, 0.2) is 42.7 Å². The number of benzene rings is 1. The van der Waals surface area contributed by atoms with Crippen LogP contribution in [0.2, 0.25) is 0 Å². The highest BCUT2D eigenvalue weighted by molar-refractivity contribution is 6.07. The Morgan fingerprint density at radius 3 is 2.56 bits per heavy atom. The van der Waals surface area contributed by atoms with Gasteiger partial charge in [-0.25, -0.2) is 0 Å². The van der Waals surface area contributed by atoms with Gasteiger partial charge in [0.1, 0.15) is 0 Å². The number of rotatable bonds is 6. The monoisotopic (exact) mass is 368 g/mol. The van der Waals surface area contributed by atoms with E-state index in [2.05, 4.69) is 10.4 Å². The van der Waals surface area contributed by atoms with E-state index in [-0.39, 0.29) is 17.2 Å². The van der Waals surface area contributed by atoms with Gasteiger partial charge < -0.3 is 10.2 Å². The quantitative estimate of drug-likeness (QED) is 0.623. The van der Waals surface area contributed by atoms with Crippen molar-refractivity contribution in [3.8, 4) is 0 Å². The molecule has 0 saturated carbocycles. The molecule has 0 aliphatic carbocycles. The van der Waals surface area contributed by atoms with Crippen LogP contribution in [-0.4, -0.2) is 40.5 Å². The third kappa shape index (κ3) is 5.29. The van der Waals surface area contributed by atoms with Crippen LogP contribution in [0.3, 0.4) is 0 Å². The zero-order valence-corrected chi connectivity index (χ0v) is 16.9. The van der Waals surface area contributed by atoms with Gasteiger partial charge >= 0.3 is 0 Å². The van der Waals surface area contributed by atoms with Gasteiger partial charge in [-0.1, -0.05) is 19.1 Å². The number of hydrogen-bond acceptors (Lipinski definition) is 4. The third-order valence-electron chi connectivity index (χ3n) is 3.99. The zero-order valence-electron chi connectivity index (χ0n) is 16.9. The molecule has 27 heavy (non-hydrogen) atoms. The molecule has 6 heteroatoms. The number of ketones is 1. The summed E-state index contributed by atoms with van der Waals surface area (Å²) in [7, 11) is 3.70. The Morgan fingerprint density at radius 1 is 1.26 bits per heavy atom. The smallest absolute Gasteiger partial charge is 0.259 e. The Labute approximate surface area is 160 Å². The summed E-state index contributed by atoms with van der Waals surface area (Å²) in [6, 6.07) is 6.93. The van der Waals surface area contributed by atoms with Gasteiger partial charge in [0.25, 0.3) is 5.91 Å². The van der Waals surface area contributed by atoms with Gasteiger partial charge in [0.15, 0.2) is 5.78 Å². The summed E-state index contributed by atoms with van der Waals surface area (Å²) >= 11 is 0. The zero-order chi connectivity index (χ0) is 20.2. The van der Waals surface area contributed by atoms with Crippen molar-refractivity contribution < 1.29 is 9.59 Å². The highest BCUT2D eigenvalue weighted by Crippen LogP contribution is 2.19. The molecule has 1 aromatic heterocycles. The predicted molar refractivity (Wildman–Crippen MR) is 108 cm³/mol. The fourth-order valence-corrected chi connectivity index (χ4v) is 2.47. The lowest BCUT2D eigenvalue weighted by Gasteiger charge is -2.18. The van der Waals surface area contributed by atoms with Gasteiger partial charge in [0.05, 0.1) is 16.8 Å². The summed E-state index contributed by atoms with van der Waals surface area (Å²) in [5.41, 5.74) is 2.20. The maximum absolute atomic E-state index is 12.8. The summed E-state index contributed by atoms with van der Waals surface area (Å²) in [5, 5.41) is 7.42. The highest BCUT2D eigenvalue weighted by Gasteiger charge is 2.21. The van der Waals surface area contributed by atoms with Crippen molar-refractivity contribution in [3.05, 3.63) is 59.6 Å². The lowest BCUT2D eigenvalue weighted by atomic mass is 10.1. The molecule has 1 heterocycles. The minimum Gasteiger partial charge on any atom is -0.383 e. The lowest BCUT2D eigenvalue weighted by molar-refractivity contribution is 0.102. The molecule has 0 unspecified atom stereocenters. The van der Waals surface area contributed by atoms with Crippen LogP contribution < -0.4 is 5.32 Å². The number of nitrogens with one attached hydrogen (secondary N) is 1. The van der Waals surface area contributed by atoms with Crippen molar-refractivity contribution in [1.29, 1.82) is 0 Å². The van der Waals surface area contributed by atoms with E-state index in [1.807, 2.05) is 46.5 Å². The first-order valence-corrected chi connectivity index (χ1v) is 9.01. The molecule has 1 amide bonds. The summed E-state index contributed by atoms with van der Waals surface area (Å²) in [6.07, 6.45) is 5.65. The molecule has 6 nitrogen and oxygen atoms in total. The normalized spacial score (nSPS) is 11.6. The maximum Gasteiger partial charge on any atom is 0.259 e. The number of carbonyl (C=O) groups is 2. The number of hydrogen-bond donors (Lipinski definition) is 1. The van der Waals surface area contributed by atoms with Crippen LogP contribution in [0.4, 0.5) is 5.69 Å². The van der Waals surface area contributed by atoms with Crippen molar-refractivity contribution in [2.75, 3.05) is 19.4 Å². The van der Waals surface area contributed by atoms with E-state index >= 15 is 0 Å². The molecule has 0 bridgehead atoms. The van der Waals surface area contributed by atoms with Crippen molar-refractivity contribution >= 4 is 17.4 Å². The first-order chi connectivity index (χ1) is 12.6. The topological polar surface area (TPSA) is 67.2 Å². The van der Waals surface area contributed by atoms with Crippen LogP contribution in [0.5, 0.6) is 0 Å². The Morgan fingerprint density at radius 2 is 1.96 bits per heavy atom. The van der Waals surface area contributed by atoms with E-state index in [0.717, 1.165) is 5.69 Å². The number of nitrogens with zero attached hydrogens (tertiary/aromatic N) is 3. The third-order valence-corrected chi connectivity index (χ3v) is 3.99. The number of aryl methyl sites for hydroxylation is 1. The van der Waals surface area contributed by atoms with Crippen molar-refractivity contribution in [1.82, 2.24) is 14.7 Å². The molecule has 2 rings (SSSR count). The van der Waals surface area contributed by atoms with E-state index in [1.165, 1.54) is 6.08 Å². The molecule has 0 aliphatic rings. The summed E-state index contributed by atoms with van der Waals surface area (Å²) in [5.74, 6) is -0.342. The van der Waals surface area contributed by atoms with Gasteiger partial charge in [-0.3, -0.25) is 14.3 Å². The highest BCUT2D eigenvalue weighted by atomic mass is 16.1. The predicted octanol–water partition coefficient (Wildman–Crippen LogP) is 3.71. The minimum absolute atomic E-state index is 0.116. The molecule has 2 aromatic rings. The average Bonchev–Trinajstić information content (AvgIpc) is 3.04. The van der Waals surface area contributed by atoms with Crippen LogP contribution in [0.25, 0.3) is 0 Å². The molecule has 0 spiro atoms. The second-order valence-electron chi connectivity index (χ2n) is 7.64. The van der Waals surface area contributed by atoms with E-state index in [9.17, 15) is 9.59 Å². The second kappa shape index (κ2) is 8.20. The van der Waals surface area contributed by atoms with Gasteiger partial charge in [0.2, 0.25) is 0 Å². The molecule has 1 aromatic carbocycles. The van der Waals surface area contributed by atoms with Crippen molar-refractivity contribution in [2.45, 2.75) is 39.7 Å². The average molecular weight is 368 g/mol. The Hall–Kier alpha value is -2.89. The Kier molecular flexibility index (Phi) is 6.20. The van der Waals surface area contributed by atoms with E-state index in [0.29, 0.717) is 23.2 Å². The number of anilines is 1. The fourth-order valence-electron chi connectivity index (χ4n) is 2.47. The largest absolute Gasteiger partial charge is 0.383 e. The molecule has 144 valence electrons. The van der Waals surface area contributed by atoms with Crippen LogP contribution in [0.1, 0.15) is 54.1 Å². The van der Waals surface area contributed by atoms with Crippen molar-refractivity contribution in [2.24, 2.45) is 0 Å². The fraction of sp³-hybridized carbons (Fsp3) is 0.381. The van der Waals surface area contributed by atoms with Crippen LogP contribution in [0, 0.1) is 0 Å². The molecule has 1 N–H and O–H groups in total. The van der Waals surface area contributed by atoms with Gasteiger partial charge in [0, 0.05) is 43.8 Å². The number of amides is 1.